The number of rotatable bonds is 3. The van der Waals surface area contributed by atoms with Crippen molar-refractivity contribution in [3.63, 3.8) is 0 Å². The van der Waals surface area contributed by atoms with Crippen LogP contribution in [-0.4, -0.2) is 15.0 Å². The van der Waals surface area contributed by atoms with Crippen molar-refractivity contribution < 1.29 is 0 Å². The Hall–Kier alpha value is -2.75. The summed E-state index contributed by atoms with van der Waals surface area (Å²) >= 11 is 0. The quantitative estimate of drug-likeness (QED) is 0.530. The van der Waals surface area contributed by atoms with Gasteiger partial charge >= 0.3 is 0 Å². The van der Waals surface area contributed by atoms with E-state index in [2.05, 4.69) is 56.7 Å². The summed E-state index contributed by atoms with van der Waals surface area (Å²) in [4.78, 5) is 10.9. The van der Waals surface area contributed by atoms with Crippen LogP contribution < -0.4 is 5.32 Å². The number of benzene rings is 2. The molecule has 0 bridgehead atoms. The number of aromatic amines is 2. The molecule has 0 aliphatic rings. The van der Waals surface area contributed by atoms with Crippen molar-refractivity contribution >= 4 is 27.6 Å². The van der Waals surface area contributed by atoms with Crippen LogP contribution >= 0.6 is 0 Å². The van der Waals surface area contributed by atoms with E-state index < -0.39 is 0 Å². The van der Waals surface area contributed by atoms with E-state index in [-0.39, 0.29) is 0 Å². The highest BCUT2D eigenvalue weighted by atomic mass is 14.9. The number of anilines is 1. The number of hydrogen-bond acceptors (Lipinski definition) is 2. The molecule has 0 aliphatic heterocycles. The van der Waals surface area contributed by atoms with Gasteiger partial charge in [-0.25, -0.2) is 4.98 Å². The molecule has 0 amide bonds. The molecule has 21 heavy (non-hydrogen) atoms. The normalized spacial score (nSPS) is 11.3. The van der Waals surface area contributed by atoms with Crippen LogP contribution in [0, 0.1) is 6.92 Å². The highest BCUT2D eigenvalue weighted by Gasteiger charge is 2.01. The summed E-state index contributed by atoms with van der Waals surface area (Å²) in [6.45, 7) is 2.78. The van der Waals surface area contributed by atoms with E-state index in [9.17, 15) is 0 Å². The third-order valence-electron chi connectivity index (χ3n) is 3.71. The summed E-state index contributed by atoms with van der Waals surface area (Å²) in [5, 5.41) is 4.71. The van der Waals surface area contributed by atoms with Gasteiger partial charge in [0, 0.05) is 23.9 Å². The van der Waals surface area contributed by atoms with Gasteiger partial charge in [0.25, 0.3) is 0 Å². The third-order valence-corrected chi connectivity index (χ3v) is 3.71. The minimum absolute atomic E-state index is 0.805. The standard InChI is InChI=1S/C17H16N4/c1-11-20-16-5-3-14(9-17(16)21-11)19-10-12-2-4-15-13(8-12)6-7-18-15/h2-9,18-19H,10H2,1H3,(H,20,21). The summed E-state index contributed by atoms with van der Waals surface area (Å²) in [6.07, 6.45) is 1.97. The number of nitrogens with zero attached hydrogens (tertiary/aromatic N) is 1. The van der Waals surface area contributed by atoms with Gasteiger partial charge in [-0.15, -0.1) is 0 Å². The molecule has 0 atom stereocenters. The fraction of sp³-hybridized carbons (Fsp3) is 0.118. The van der Waals surface area contributed by atoms with Crippen LogP contribution in [0.3, 0.4) is 0 Å². The molecule has 2 aromatic heterocycles. The van der Waals surface area contributed by atoms with E-state index in [0.717, 1.165) is 29.1 Å². The maximum Gasteiger partial charge on any atom is 0.104 e. The SMILES string of the molecule is Cc1nc2ccc(NCc3ccc4[nH]ccc4c3)cc2[nH]1. The zero-order valence-corrected chi connectivity index (χ0v) is 11.8. The van der Waals surface area contributed by atoms with Crippen LogP contribution in [0.25, 0.3) is 21.9 Å². The largest absolute Gasteiger partial charge is 0.381 e. The molecule has 4 heteroatoms. The minimum Gasteiger partial charge on any atom is -0.381 e. The Morgan fingerprint density at radius 3 is 2.95 bits per heavy atom. The molecule has 3 N–H and O–H groups in total. The summed E-state index contributed by atoms with van der Waals surface area (Å²) in [5.41, 5.74) is 5.61. The first-order valence-corrected chi connectivity index (χ1v) is 7.04. The van der Waals surface area contributed by atoms with Gasteiger partial charge in [-0.2, -0.15) is 0 Å². The predicted octanol–water partition coefficient (Wildman–Crippen LogP) is 3.96. The number of imidazole rings is 1. The van der Waals surface area contributed by atoms with Gasteiger partial charge in [0.05, 0.1) is 11.0 Å². The van der Waals surface area contributed by atoms with Crippen molar-refractivity contribution in [1.82, 2.24) is 15.0 Å². The topological polar surface area (TPSA) is 56.5 Å². The molecule has 0 aliphatic carbocycles. The van der Waals surface area contributed by atoms with Gasteiger partial charge < -0.3 is 15.3 Å². The lowest BCUT2D eigenvalue weighted by molar-refractivity contribution is 1.15. The molecule has 0 unspecified atom stereocenters. The van der Waals surface area contributed by atoms with Crippen LogP contribution in [0.1, 0.15) is 11.4 Å². The van der Waals surface area contributed by atoms with Crippen LogP contribution in [0.15, 0.2) is 48.7 Å². The Bertz CT molecular complexity index is 917. The van der Waals surface area contributed by atoms with Gasteiger partial charge in [0.1, 0.15) is 5.82 Å². The number of aromatic nitrogens is 3. The Morgan fingerprint density at radius 2 is 2.00 bits per heavy atom. The van der Waals surface area contributed by atoms with Gasteiger partial charge in [-0.3, -0.25) is 0 Å². The van der Waals surface area contributed by atoms with Gasteiger partial charge in [-0.1, -0.05) is 6.07 Å². The first kappa shape index (κ1) is 12.0. The second-order valence-corrected chi connectivity index (χ2v) is 5.31. The monoisotopic (exact) mass is 276 g/mol. The van der Waals surface area contributed by atoms with Crippen LogP contribution in [0.5, 0.6) is 0 Å². The lowest BCUT2D eigenvalue weighted by atomic mass is 10.1. The fourth-order valence-electron chi connectivity index (χ4n) is 2.66. The number of aryl methyl sites for hydroxylation is 1. The van der Waals surface area contributed by atoms with E-state index in [1.807, 2.05) is 19.2 Å². The molecule has 2 heterocycles. The Balaban J connectivity index is 1.56. The maximum atomic E-state index is 4.41. The lowest BCUT2D eigenvalue weighted by Crippen LogP contribution is -1.98. The molecule has 0 saturated carbocycles. The molecule has 4 aromatic rings. The summed E-state index contributed by atoms with van der Waals surface area (Å²) in [5.74, 6) is 0.944. The number of hydrogen-bond donors (Lipinski definition) is 3. The highest BCUT2D eigenvalue weighted by Crippen LogP contribution is 2.19. The predicted molar refractivity (Wildman–Crippen MR) is 86.5 cm³/mol. The minimum atomic E-state index is 0.805. The van der Waals surface area contributed by atoms with Crippen molar-refractivity contribution in [1.29, 1.82) is 0 Å². The van der Waals surface area contributed by atoms with Crippen LogP contribution in [0.4, 0.5) is 5.69 Å². The second-order valence-electron chi connectivity index (χ2n) is 5.31. The highest BCUT2D eigenvalue weighted by molar-refractivity contribution is 5.80. The first-order valence-electron chi connectivity index (χ1n) is 7.04. The molecule has 0 fully saturated rings. The van der Waals surface area contributed by atoms with E-state index in [0.29, 0.717) is 0 Å². The van der Waals surface area contributed by atoms with Crippen LogP contribution in [0.2, 0.25) is 0 Å². The Morgan fingerprint density at radius 1 is 1.05 bits per heavy atom. The van der Waals surface area contributed by atoms with E-state index >= 15 is 0 Å². The van der Waals surface area contributed by atoms with Crippen molar-refractivity contribution in [3.8, 4) is 0 Å². The molecule has 0 saturated heterocycles. The van der Waals surface area contributed by atoms with Crippen molar-refractivity contribution in [2.24, 2.45) is 0 Å². The van der Waals surface area contributed by atoms with E-state index in [1.165, 1.54) is 16.5 Å². The maximum absolute atomic E-state index is 4.41. The molecular weight excluding hydrogens is 260 g/mol. The van der Waals surface area contributed by atoms with Crippen molar-refractivity contribution in [2.75, 3.05) is 5.32 Å². The van der Waals surface area contributed by atoms with E-state index in [4.69, 9.17) is 0 Å². The number of H-pyrrole nitrogens is 2. The Kier molecular flexibility index (Phi) is 2.67. The molecular formula is C17H16N4. The fourth-order valence-corrected chi connectivity index (χ4v) is 2.66. The first-order chi connectivity index (χ1) is 10.3. The molecule has 0 radical (unpaired) electrons. The zero-order valence-electron chi connectivity index (χ0n) is 11.8. The Labute approximate surface area is 122 Å². The van der Waals surface area contributed by atoms with E-state index in [1.54, 1.807) is 0 Å². The summed E-state index contributed by atoms with van der Waals surface area (Å²) in [7, 11) is 0. The van der Waals surface area contributed by atoms with Crippen molar-refractivity contribution in [3.05, 3.63) is 60.0 Å². The number of nitrogens with one attached hydrogen (secondary N) is 3. The molecule has 2 aromatic carbocycles. The van der Waals surface area contributed by atoms with Gasteiger partial charge in [0.15, 0.2) is 0 Å². The third kappa shape index (κ3) is 2.25. The average molecular weight is 276 g/mol. The zero-order chi connectivity index (χ0) is 14.2. The molecule has 104 valence electrons. The summed E-state index contributed by atoms with van der Waals surface area (Å²) < 4.78 is 0. The average Bonchev–Trinajstić information content (AvgIpc) is 3.08. The van der Waals surface area contributed by atoms with Crippen LogP contribution in [-0.2, 0) is 6.54 Å². The smallest absolute Gasteiger partial charge is 0.104 e. The van der Waals surface area contributed by atoms with Crippen molar-refractivity contribution in [2.45, 2.75) is 13.5 Å². The van der Waals surface area contributed by atoms with Gasteiger partial charge in [-0.05, 0) is 54.3 Å². The lowest BCUT2D eigenvalue weighted by Gasteiger charge is -2.07. The molecule has 0 spiro atoms. The number of fused-ring (bicyclic) bond motifs is 2. The van der Waals surface area contributed by atoms with Gasteiger partial charge in [0.2, 0.25) is 0 Å². The second kappa shape index (κ2) is 4.66. The summed E-state index contributed by atoms with van der Waals surface area (Å²) in [6, 6.07) is 14.8. The molecule has 4 nitrogen and oxygen atoms in total. The molecule has 4 rings (SSSR count).